The van der Waals surface area contributed by atoms with Gasteiger partial charge in [-0.25, -0.2) is 4.39 Å². The molecule has 0 bridgehead atoms. The first-order chi connectivity index (χ1) is 9.94. The molecule has 0 radical (unpaired) electrons. The van der Waals surface area contributed by atoms with E-state index in [9.17, 15) is 9.50 Å². The second kappa shape index (κ2) is 6.75. The maximum atomic E-state index is 14.3. The Morgan fingerprint density at radius 2 is 2.05 bits per heavy atom. The molecule has 0 spiro atoms. The summed E-state index contributed by atoms with van der Waals surface area (Å²) in [4.78, 5) is 2.19. The van der Waals surface area contributed by atoms with Crippen LogP contribution >= 0.6 is 0 Å². The van der Waals surface area contributed by atoms with Crippen molar-refractivity contribution in [3.05, 3.63) is 29.6 Å². The van der Waals surface area contributed by atoms with Crippen LogP contribution in [-0.2, 0) is 0 Å². The molecule has 0 aromatic heterocycles. The molecule has 1 aliphatic heterocycles. The molecule has 0 amide bonds. The molecule has 1 saturated heterocycles. The van der Waals surface area contributed by atoms with Crippen LogP contribution in [0.1, 0.15) is 51.6 Å². The van der Waals surface area contributed by atoms with E-state index in [2.05, 4.69) is 17.1 Å². The Hall–Kier alpha value is -1.13. The first-order valence-corrected chi connectivity index (χ1v) is 7.94. The van der Waals surface area contributed by atoms with Crippen molar-refractivity contribution < 1.29 is 9.50 Å². The smallest absolute Gasteiger partial charge is 0.130 e. The topological polar surface area (TPSA) is 35.5 Å². The van der Waals surface area contributed by atoms with Crippen LogP contribution in [0, 0.1) is 5.82 Å². The van der Waals surface area contributed by atoms with Crippen molar-refractivity contribution in [1.29, 1.82) is 0 Å². The van der Waals surface area contributed by atoms with E-state index in [0.29, 0.717) is 0 Å². The average Bonchev–Trinajstić information content (AvgIpc) is 2.44. The lowest BCUT2D eigenvalue weighted by Gasteiger charge is -2.38. The number of rotatable bonds is 5. The minimum Gasteiger partial charge on any atom is -0.390 e. The number of hydrogen-bond donors (Lipinski definition) is 2. The van der Waals surface area contributed by atoms with Crippen molar-refractivity contribution >= 4 is 5.69 Å². The molecule has 0 aliphatic carbocycles. The molecule has 21 heavy (non-hydrogen) atoms. The lowest BCUT2D eigenvalue weighted by atomic mass is 9.92. The number of piperidine rings is 1. The highest BCUT2D eigenvalue weighted by Crippen LogP contribution is 2.32. The van der Waals surface area contributed by atoms with Crippen molar-refractivity contribution in [1.82, 2.24) is 5.32 Å². The van der Waals surface area contributed by atoms with E-state index < -0.39 is 5.60 Å². The van der Waals surface area contributed by atoms with Gasteiger partial charge in [0.2, 0.25) is 0 Å². The van der Waals surface area contributed by atoms with E-state index >= 15 is 0 Å². The van der Waals surface area contributed by atoms with Crippen molar-refractivity contribution in [3.8, 4) is 0 Å². The number of benzene rings is 1. The van der Waals surface area contributed by atoms with Gasteiger partial charge in [-0.3, -0.25) is 0 Å². The van der Waals surface area contributed by atoms with Gasteiger partial charge in [0.1, 0.15) is 5.82 Å². The number of halogens is 1. The zero-order valence-corrected chi connectivity index (χ0v) is 13.3. The van der Waals surface area contributed by atoms with Crippen LogP contribution < -0.4 is 10.2 Å². The number of nitrogens with one attached hydrogen (secondary N) is 1. The molecule has 1 heterocycles. The third kappa shape index (κ3) is 3.95. The number of hydrogen-bond acceptors (Lipinski definition) is 3. The lowest BCUT2D eigenvalue weighted by molar-refractivity contribution is 0.0351. The summed E-state index contributed by atoms with van der Waals surface area (Å²) in [6, 6.07) is 5.28. The highest BCUT2D eigenvalue weighted by molar-refractivity contribution is 5.56. The van der Waals surface area contributed by atoms with Crippen LogP contribution in [0.15, 0.2) is 18.2 Å². The standard InChI is InChI=1S/C17H27FN2O/c1-4-10-19-13(2)16-14(18)6-5-7-15(16)20-11-8-17(3,21)9-12-20/h5-7,13,19,21H,4,8-12H2,1-3H3. The zero-order valence-electron chi connectivity index (χ0n) is 13.3. The Morgan fingerprint density at radius 1 is 1.38 bits per heavy atom. The van der Waals surface area contributed by atoms with Crippen molar-refractivity contribution in [2.45, 2.75) is 51.7 Å². The Labute approximate surface area is 127 Å². The third-order valence-electron chi connectivity index (χ3n) is 4.34. The monoisotopic (exact) mass is 294 g/mol. The summed E-state index contributed by atoms with van der Waals surface area (Å²) in [7, 11) is 0. The maximum absolute atomic E-state index is 14.3. The molecule has 1 aliphatic rings. The average molecular weight is 294 g/mol. The van der Waals surface area contributed by atoms with E-state index in [4.69, 9.17) is 0 Å². The van der Waals surface area contributed by atoms with Gasteiger partial charge in [0, 0.05) is 30.4 Å². The Bertz CT molecular complexity index is 466. The fourth-order valence-corrected chi connectivity index (χ4v) is 2.92. The van der Waals surface area contributed by atoms with Gasteiger partial charge in [-0.15, -0.1) is 0 Å². The van der Waals surface area contributed by atoms with Gasteiger partial charge >= 0.3 is 0 Å². The van der Waals surface area contributed by atoms with E-state index in [0.717, 1.165) is 50.1 Å². The summed E-state index contributed by atoms with van der Waals surface area (Å²) in [6.45, 7) is 8.41. The highest BCUT2D eigenvalue weighted by atomic mass is 19.1. The Balaban J connectivity index is 2.21. The van der Waals surface area contributed by atoms with Crippen LogP contribution in [0.2, 0.25) is 0 Å². The Morgan fingerprint density at radius 3 is 2.67 bits per heavy atom. The van der Waals surface area contributed by atoms with Crippen LogP contribution in [0.4, 0.5) is 10.1 Å². The van der Waals surface area contributed by atoms with E-state index in [-0.39, 0.29) is 11.9 Å². The van der Waals surface area contributed by atoms with Gasteiger partial charge in [0.15, 0.2) is 0 Å². The molecule has 1 atom stereocenters. The maximum Gasteiger partial charge on any atom is 0.130 e. The molecule has 1 aromatic rings. The molecular weight excluding hydrogens is 267 g/mol. The minimum atomic E-state index is -0.587. The molecule has 0 saturated carbocycles. The predicted molar refractivity (Wildman–Crippen MR) is 85.2 cm³/mol. The fraction of sp³-hybridized carbons (Fsp3) is 0.647. The predicted octanol–water partition coefficient (Wildman–Crippen LogP) is 3.24. The van der Waals surface area contributed by atoms with Gasteiger partial charge in [-0.1, -0.05) is 13.0 Å². The molecule has 1 aromatic carbocycles. The van der Waals surface area contributed by atoms with E-state index in [1.165, 1.54) is 6.07 Å². The van der Waals surface area contributed by atoms with Crippen molar-refractivity contribution in [3.63, 3.8) is 0 Å². The van der Waals surface area contributed by atoms with E-state index in [1.807, 2.05) is 19.9 Å². The number of nitrogens with zero attached hydrogens (tertiary/aromatic N) is 1. The lowest BCUT2D eigenvalue weighted by Crippen LogP contribution is -2.43. The van der Waals surface area contributed by atoms with Crippen LogP contribution in [0.5, 0.6) is 0 Å². The van der Waals surface area contributed by atoms with Gasteiger partial charge in [-0.05, 0) is 51.8 Å². The summed E-state index contributed by atoms with van der Waals surface area (Å²) >= 11 is 0. The summed E-state index contributed by atoms with van der Waals surface area (Å²) in [5.74, 6) is -0.152. The SMILES string of the molecule is CCCNC(C)c1c(F)cccc1N1CCC(C)(O)CC1. The largest absolute Gasteiger partial charge is 0.390 e. The zero-order chi connectivity index (χ0) is 15.5. The number of aliphatic hydroxyl groups is 1. The minimum absolute atomic E-state index is 0.0106. The van der Waals surface area contributed by atoms with E-state index in [1.54, 1.807) is 6.07 Å². The van der Waals surface area contributed by atoms with Crippen LogP contribution in [0.25, 0.3) is 0 Å². The first kappa shape index (κ1) is 16.2. The summed E-state index contributed by atoms with van der Waals surface area (Å²) in [5, 5.41) is 13.4. The molecule has 1 fully saturated rings. The normalized spacial score (nSPS) is 19.6. The van der Waals surface area contributed by atoms with Gasteiger partial charge in [0.25, 0.3) is 0 Å². The number of anilines is 1. The second-order valence-corrected chi connectivity index (χ2v) is 6.33. The van der Waals surface area contributed by atoms with Crippen LogP contribution in [0.3, 0.4) is 0 Å². The fourth-order valence-electron chi connectivity index (χ4n) is 2.92. The molecule has 2 rings (SSSR count). The summed E-state index contributed by atoms with van der Waals surface area (Å²) in [6.07, 6.45) is 2.47. The summed E-state index contributed by atoms with van der Waals surface area (Å²) < 4.78 is 14.3. The molecule has 3 nitrogen and oxygen atoms in total. The molecular formula is C17H27FN2O. The van der Waals surface area contributed by atoms with Gasteiger partial charge in [-0.2, -0.15) is 0 Å². The first-order valence-electron chi connectivity index (χ1n) is 7.94. The quantitative estimate of drug-likeness (QED) is 0.875. The van der Waals surface area contributed by atoms with Crippen molar-refractivity contribution in [2.24, 2.45) is 0 Å². The Kier molecular flexibility index (Phi) is 5.22. The summed E-state index contributed by atoms with van der Waals surface area (Å²) in [5.41, 5.74) is 1.12. The van der Waals surface area contributed by atoms with Crippen molar-refractivity contribution in [2.75, 3.05) is 24.5 Å². The van der Waals surface area contributed by atoms with Gasteiger partial charge < -0.3 is 15.3 Å². The van der Waals surface area contributed by atoms with Gasteiger partial charge in [0.05, 0.1) is 5.60 Å². The molecule has 118 valence electrons. The third-order valence-corrected chi connectivity index (χ3v) is 4.34. The molecule has 4 heteroatoms. The van der Waals surface area contributed by atoms with Crippen LogP contribution in [-0.4, -0.2) is 30.3 Å². The highest BCUT2D eigenvalue weighted by Gasteiger charge is 2.29. The second-order valence-electron chi connectivity index (χ2n) is 6.33. The molecule has 2 N–H and O–H groups in total. The molecule has 1 unspecified atom stereocenters.